The Morgan fingerprint density at radius 3 is 2.45 bits per heavy atom. The zero-order valence-electron chi connectivity index (χ0n) is 11.1. The van der Waals surface area contributed by atoms with Crippen molar-refractivity contribution in [3.63, 3.8) is 0 Å². The monoisotopic (exact) mass is 282 g/mol. The molecule has 0 aliphatic rings. The third-order valence-corrected chi connectivity index (χ3v) is 2.73. The lowest BCUT2D eigenvalue weighted by Crippen LogP contribution is -2.45. The molecule has 110 valence electrons. The van der Waals surface area contributed by atoms with Gasteiger partial charge in [-0.15, -0.1) is 0 Å². The minimum absolute atomic E-state index is 0.126. The first-order valence-corrected chi connectivity index (χ1v) is 6.07. The highest BCUT2D eigenvalue weighted by atomic mass is 16.5. The number of hydrogen-bond donors (Lipinski definition) is 4. The predicted octanol–water partition coefficient (Wildman–Crippen LogP) is -0.276. The summed E-state index contributed by atoms with van der Waals surface area (Å²) in [5.74, 6) is -0.350. The van der Waals surface area contributed by atoms with Crippen molar-refractivity contribution in [3.05, 3.63) is 29.8 Å². The van der Waals surface area contributed by atoms with E-state index in [0.717, 1.165) is 0 Å². The maximum absolute atomic E-state index is 12.0. The lowest BCUT2D eigenvalue weighted by Gasteiger charge is -2.15. The second-order valence-corrected chi connectivity index (χ2v) is 4.06. The molecule has 1 atom stereocenters. The van der Waals surface area contributed by atoms with Gasteiger partial charge in [0.25, 0.3) is 5.91 Å². The number of rotatable bonds is 8. The van der Waals surface area contributed by atoms with Crippen molar-refractivity contribution in [2.75, 3.05) is 20.3 Å². The fourth-order valence-electron chi connectivity index (χ4n) is 1.65. The molecule has 0 aliphatic heterocycles. The molecule has 1 aromatic rings. The van der Waals surface area contributed by atoms with Gasteiger partial charge in [0.05, 0.1) is 19.8 Å². The van der Waals surface area contributed by atoms with Crippen molar-refractivity contribution < 1.29 is 24.6 Å². The molecule has 0 saturated heterocycles. The van der Waals surface area contributed by atoms with Gasteiger partial charge in [-0.1, -0.05) is 0 Å². The highest BCUT2D eigenvalue weighted by Crippen LogP contribution is 2.13. The molecular weight excluding hydrogens is 264 g/mol. The molecule has 1 rings (SSSR count). The second kappa shape index (κ2) is 8.26. The molecule has 4 N–H and O–H groups in total. The zero-order valence-corrected chi connectivity index (χ0v) is 11.1. The Labute approximate surface area is 116 Å². The smallest absolute Gasteiger partial charge is 0.260 e. The molecule has 7 nitrogen and oxygen atoms in total. The number of aliphatic hydroxyl groups is 1. The molecular formula is C13H18N2O5. The molecule has 0 radical (unpaired) electrons. The number of Topliss-reactive ketones (excluding diaryl/α,β-unsaturated/α-hetero) is 1. The molecule has 0 aliphatic carbocycles. The van der Waals surface area contributed by atoms with Gasteiger partial charge in [0.1, 0.15) is 5.75 Å². The third kappa shape index (κ3) is 4.61. The fraction of sp³-hybridized carbons (Fsp3) is 0.385. The van der Waals surface area contributed by atoms with Crippen LogP contribution in [0.4, 0.5) is 0 Å². The van der Waals surface area contributed by atoms with Crippen LogP contribution in [0.2, 0.25) is 0 Å². The summed E-state index contributed by atoms with van der Waals surface area (Å²) in [6, 6.07) is 5.59. The van der Waals surface area contributed by atoms with Crippen LogP contribution in [0.1, 0.15) is 16.8 Å². The molecule has 0 fully saturated rings. The first-order chi connectivity index (χ1) is 9.62. The van der Waals surface area contributed by atoms with Crippen LogP contribution in [-0.2, 0) is 4.79 Å². The molecule has 1 aromatic carbocycles. The summed E-state index contributed by atoms with van der Waals surface area (Å²) in [7, 11) is 1.53. The topological polar surface area (TPSA) is 108 Å². The van der Waals surface area contributed by atoms with E-state index in [4.69, 9.17) is 15.1 Å². The van der Waals surface area contributed by atoms with Crippen molar-refractivity contribution >= 4 is 11.7 Å². The highest BCUT2D eigenvalue weighted by molar-refractivity contribution is 5.99. The fourth-order valence-corrected chi connectivity index (χ4v) is 1.65. The maximum atomic E-state index is 12.0. The SMILES string of the molecule is COc1ccc(C(=O)CC(NCCO)C(=O)NO)cc1. The number of amides is 1. The van der Waals surface area contributed by atoms with Gasteiger partial charge >= 0.3 is 0 Å². The van der Waals surface area contributed by atoms with Gasteiger partial charge in [0.15, 0.2) is 5.78 Å². The van der Waals surface area contributed by atoms with E-state index in [2.05, 4.69) is 5.32 Å². The van der Waals surface area contributed by atoms with Gasteiger partial charge in [-0.3, -0.25) is 14.8 Å². The zero-order chi connectivity index (χ0) is 15.0. The van der Waals surface area contributed by atoms with E-state index in [1.807, 2.05) is 0 Å². The summed E-state index contributed by atoms with van der Waals surface area (Å²) in [5.41, 5.74) is 1.93. The summed E-state index contributed by atoms with van der Waals surface area (Å²) < 4.78 is 4.99. The van der Waals surface area contributed by atoms with Crippen molar-refractivity contribution in [3.8, 4) is 5.75 Å². The molecule has 1 unspecified atom stereocenters. The molecule has 1 amide bonds. The second-order valence-electron chi connectivity index (χ2n) is 4.06. The molecule has 0 aromatic heterocycles. The van der Waals surface area contributed by atoms with E-state index in [1.54, 1.807) is 24.3 Å². The van der Waals surface area contributed by atoms with Crippen molar-refractivity contribution in [1.29, 1.82) is 0 Å². The van der Waals surface area contributed by atoms with Crippen LogP contribution < -0.4 is 15.5 Å². The molecule has 0 bridgehead atoms. The summed E-state index contributed by atoms with van der Waals surface area (Å²) in [6.07, 6.45) is -0.126. The summed E-state index contributed by atoms with van der Waals surface area (Å²) in [4.78, 5) is 23.4. The third-order valence-electron chi connectivity index (χ3n) is 2.73. The molecule has 0 saturated carbocycles. The van der Waals surface area contributed by atoms with E-state index in [9.17, 15) is 9.59 Å². The van der Waals surface area contributed by atoms with Crippen LogP contribution in [0.15, 0.2) is 24.3 Å². The van der Waals surface area contributed by atoms with E-state index in [1.165, 1.54) is 12.6 Å². The lowest BCUT2D eigenvalue weighted by molar-refractivity contribution is -0.131. The number of benzene rings is 1. The maximum Gasteiger partial charge on any atom is 0.260 e. The number of nitrogens with one attached hydrogen (secondary N) is 2. The number of hydroxylamine groups is 1. The lowest BCUT2D eigenvalue weighted by atomic mass is 10.0. The van der Waals surface area contributed by atoms with Crippen LogP contribution in [0.3, 0.4) is 0 Å². The van der Waals surface area contributed by atoms with E-state index < -0.39 is 11.9 Å². The van der Waals surface area contributed by atoms with Crippen molar-refractivity contribution in [2.45, 2.75) is 12.5 Å². The quantitative estimate of drug-likeness (QED) is 0.297. The van der Waals surface area contributed by atoms with Crippen LogP contribution in [0.5, 0.6) is 5.75 Å². The summed E-state index contributed by atoms with van der Waals surface area (Å²) >= 11 is 0. The van der Waals surface area contributed by atoms with Gasteiger partial charge in [-0.05, 0) is 24.3 Å². The van der Waals surface area contributed by atoms with Crippen molar-refractivity contribution in [1.82, 2.24) is 10.8 Å². The van der Waals surface area contributed by atoms with E-state index in [0.29, 0.717) is 11.3 Å². The van der Waals surface area contributed by atoms with Gasteiger partial charge < -0.3 is 15.2 Å². The van der Waals surface area contributed by atoms with Crippen LogP contribution in [-0.4, -0.2) is 48.3 Å². The van der Waals surface area contributed by atoms with Crippen LogP contribution >= 0.6 is 0 Å². The average molecular weight is 282 g/mol. The van der Waals surface area contributed by atoms with Crippen LogP contribution in [0.25, 0.3) is 0 Å². The first kappa shape index (κ1) is 16.1. The number of carbonyl (C=O) groups excluding carboxylic acids is 2. The number of carbonyl (C=O) groups is 2. The Morgan fingerprint density at radius 2 is 1.95 bits per heavy atom. The summed E-state index contributed by atoms with van der Waals surface area (Å²) in [5, 5.41) is 20.0. The number of aliphatic hydroxyl groups excluding tert-OH is 1. The van der Waals surface area contributed by atoms with Crippen LogP contribution in [0, 0.1) is 0 Å². The average Bonchev–Trinajstić information content (AvgIpc) is 2.50. The Bertz CT molecular complexity index is 447. The standard InChI is InChI=1S/C13H18N2O5/c1-20-10-4-2-9(3-5-10)12(17)8-11(13(18)15-19)14-6-7-16/h2-5,11,14,16,19H,6-8H2,1H3,(H,15,18). The van der Waals surface area contributed by atoms with E-state index in [-0.39, 0.29) is 25.4 Å². The normalized spacial score (nSPS) is 11.8. The van der Waals surface area contributed by atoms with Gasteiger partial charge in [-0.2, -0.15) is 0 Å². The number of ketones is 1. The first-order valence-electron chi connectivity index (χ1n) is 6.07. The number of ether oxygens (including phenoxy) is 1. The van der Waals surface area contributed by atoms with Gasteiger partial charge in [0, 0.05) is 18.5 Å². The number of hydrogen-bond acceptors (Lipinski definition) is 6. The largest absolute Gasteiger partial charge is 0.497 e. The number of methoxy groups -OCH3 is 1. The molecule has 7 heteroatoms. The van der Waals surface area contributed by atoms with Gasteiger partial charge in [0.2, 0.25) is 0 Å². The highest BCUT2D eigenvalue weighted by Gasteiger charge is 2.21. The minimum Gasteiger partial charge on any atom is -0.497 e. The minimum atomic E-state index is -0.901. The Morgan fingerprint density at radius 1 is 1.30 bits per heavy atom. The van der Waals surface area contributed by atoms with E-state index >= 15 is 0 Å². The Hall–Kier alpha value is -1.96. The van der Waals surface area contributed by atoms with Gasteiger partial charge in [-0.25, -0.2) is 5.48 Å². The summed E-state index contributed by atoms with van der Waals surface area (Å²) in [6.45, 7) is -0.0279. The van der Waals surface area contributed by atoms with Crippen molar-refractivity contribution in [2.24, 2.45) is 0 Å². The molecule has 0 heterocycles. The Balaban J connectivity index is 2.70. The predicted molar refractivity (Wildman–Crippen MR) is 70.7 cm³/mol. The Kier molecular flexibility index (Phi) is 6.65. The molecule has 0 spiro atoms. The molecule has 20 heavy (non-hydrogen) atoms.